The van der Waals surface area contributed by atoms with Crippen molar-refractivity contribution in [2.24, 2.45) is 0 Å². The molecule has 1 aliphatic heterocycles. The Kier molecular flexibility index (Phi) is 4.15. The van der Waals surface area contributed by atoms with Gasteiger partial charge in [0.25, 0.3) is 0 Å². The van der Waals surface area contributed by atoms with Gasteiger partial charge in [-0.25, -0.2) is 0 Å². The summed E-state index contributed by atoms with van der Waals surface area (Å²) in [4.78, 5) is 11.4. The first kappa shape index (κ1) is 10.7. The molecule has 1 rings (SSSR count). The summed E-state index contributed by atoms with van der Waals surface area (Å²) in [6.45, 7) is 0.200. The highest BCUT2D eigenvalue weighted by atomic mass is 16.3. The van der Waals surface area contributed by atoms with Gasteiger partial charge in [-0.3, -0.25) is 4.79 Å². The van der Waals surface area contributed by atoms with Crippen molar-refractivity contribution in [3.63, 3.8) is 0 Å². The Balaban J connectivity index is 2.34. The molecule has 1 unspecified atom stereocenters. The Labute approximate surface area is 82.1 Å². The number of hydrogen-bond donors (Lipinski definition) is 4. The maximum atomic E-state index is 11.4. The van der Waals surface area contributed by atoms with E-state index in [0.717, 1.165) is 0 Å². The molecule has 1 aliphatic rings. The lowest BCUT2D eigenvalue weighted by Gasteiger charge is -2.12. The number of dihydropyridines is 1. The fraction of sp³-hybridized carbons (Fsp3) is 0.444. The molecule has 1 atom stereocenters. The van der Waals surface area contributed by atoms with E-state index < -0.39 is 6.10 Å². The van der Waals surface area contributed by atoms with Gasteiger partial charge < -0.3 is 20.8 Å². The molecular formula is C9H14N2O3. The lowest BCUT2D eigenvalue weighted by Crippen LogP contribution is -2.36. The van der Waals surface area contributed by atoms with Crippen LogP contribution in [0.5, 0.6) is 0 Å². The van der Waals surface area contributed by atoms with Crippen LogP contribution in [0.1, 0.15) is 0 Å². The minimum atomic E-state index is -0.897. The van der Waals surface area contributed by atoms with Gasteiger partial charge in [0.15, 0.2) is 0 Å². The molecule has 1 amide bonds. The van der Waals surface area contributed by atoms with Crippen LogP contribution in [0.15, 0.2) is 23.9 Å². The van der Waals surface area contributed by atoms with Gasteiger partial charge in [-0.1, -0.05) is 6.08 Å². The minimum Gasteiger partial charge on any atom is -0.394 e. The lowest BCUT2D eigenvalue weighted by atomic mass is 10.2. The van der Waals surface area contributed by atoms with Crippen LogP contribution < -0.4 is 10.6 Å². The predicted molar refractivity (Wildman–Crippen MR) is 51.3 cm³/mol. The van der Waals surface area contributed by atoms with Crippen LogP contribution in [-0.4, -0.2) is 41.9 Å². The average Bonchev–Trinajstić information content (AvgIpc) is 2.26. The first-order chi connectivity index (χ1) is 6.74. The van der Waals surface area contributed by atoms with Crippen LogP contribution in [0.3, 0.4) is 0 Å². The van der Waals surface area contributed by atoms with Gasteiger partial charge in [-0.05, 0) is 12.3 Å². The first-order valence-corrected chi connectivity index (χ1v) is 4.40. The molecule has 1 heterocycles. The normalized spacial score (nSPS) is 16.9. The van der Waals surface area contributed by atoms with Crippen LogP contribution in [0.2, 0.25) is 0 Å². The molecule has 5 nitrogen and oxygen atoms in total. The van der Waals surface area contributed by atoms with Gasteiger partial charge >= 0.3 is 0 Å². The number of allylic oxidation sites excluding steroid dienone is 2. The van der Waals surface area contributed by atoms with Crippen LogP contribution in [0.4, 0.5) is 0 Å². The number of rotatable bonds is 4. The Bertz CT molecular complexity index is 261. The summed E-state index contributed by atoms with van der Waals surface area (Å²) in [6.07, 6.45) is 4.30. The lowest BCUT2D eigenvalue weighted by molar-refractivity contribution is -0.118. The van der Waals surface area contributed by atoms with E-state index >= 15 is 0 Å². The van der Waals surface area contributed by atoms with Crippen LogP contribution in [0, 0.1) is 0 Å². The van der Waals surface area contributed by atoms with Crippen molar-refractivity contribution in [1.29, 1.82) is 0 Å². The third-order valence-electron chi connectivity index (χ3n) is 1.80. The molecular weight excluding hydrogens is 184 g/mol. The molecule has 0 aromatic heterocycles. The molecule has 78 valence electrons. The molecule has 0 spiro atoms. The Morgan fingerprint density at radius 3 is 3.07 bits per heavy atom. The Hall–Kier alpha value is -1.33. The third kappa shape index (κ3) is 3.20. The van der Waals surface area contributed by atoms with Crippen LogP contribution in [0.25, 0.3) is 0 Å². The van der Waals surface area contributed by atoms with E-state index in [2.05, 4.69) is 10.6 Å². The summed E-state index contributed by atoms with van der Waals surface area (Å²) in [6, 6.07) is 0. The highest BCUT2D eigenvalue weighted by molar-refractivity contribution is 5.94. The molecule has 0 aromatic carbocycles. The predicted octanol–water partition coefficient (Wildman–Crippen LogP) is -1.50. The molecule has 0 fully saturated rings. The molecule has 5 heteroatoms. The highest BCUT2D eigenvalue weighted by Gasteiger charge is 2.10. The molecule has 0 aromatic rings. The fourth-order valence-corrected chi connectivity index (χ4v) is 1.00. The van der Waals surface area contributed by atoms with Crippen molar-refractivity contribution < 1.29 is 15.0 Å². The Morgan fingerprint density at radius 2 is 2.50 bits per heavy atom. The zero-order valence-corrected chi connectivity index (χ0v) is 7.73. The smallest absolute Gasteiger partial charge is 0.249 e. The van der Waals surface area contributed by atoms with Crippen molar-refractivity contribution in [2.75, 3.05) is 19.7 Å². The number of nitrogens with one attached hydrogen (secondary N) is 2. The van der Waals surface area contributed by atoms with Crippen molar-refractivity contribution in [3.8, 4) is 0 Å². The molecule has 0 saturated heterocycles. The van der Waals surface area contributed by atoms with Gasteiger partial charge in [0.1, 0.15) is 0 Å². The third-order valence-corrected chi connectivity index (χ3v) is 1.80. The second kappa shape index (κ2) is 5.41. The van der Waals surface area contributed by atoms with E-state index in [4.69, 9.17) is 10.2 Å². The maximum absolute atomic E-state index is 11.4. The number of aliphatic hydroxyl groups excluding tert-OH is 2. The van der Waals surface area contributed by atoms with Gasteiger partial charge in [-0.15, -0.1) is 0 Å². The van der Waals surface area contributed by atoms with Gasteiger partial charge in [-0.2, -0.15) is 0 Å². The van der Waals surface area contributed by atoms with Crippen molar-refractivity contribution in [3.05, 3.63) is 23.9 Å². The summed E-state index contributed by atoms with van der Waals surface area (Å²) in [5, 5.41) is 22.9. The zero-order chi connectivity index (χ0) is 10.4. The number of aliphatic hydroxyl groups is 2. The highest BCUT2D eigenvalue weighted by Crippen LogP contribution is 1.98. The van der Waals surface area contributed by atoms with Gasteiger partial charge in [0.2, 0.25) is 5.91 Å². The van der Waals surface area contributed by atoms with E-state index in [1.807, 2.05) is 0 Å². The molecule has 14 heavy (non-hydrogen) atoms. The number of carbonyl (C=O) groups excluding carboxylic acids is 1. The maximum Gasteiger partial charge on any atom is 0.249 e. The van der Waals surface area contributed by atoms with E-state index in [9.17, 15) is 4.79 Å². The van der Waals surface area contributed by atoms with E-state index in [1.54, 1.807) is 18.4 Å². The SMILES string of the molecule is O=C(NCC(O)CO)C1=CC=CNC1. The van der Waals surface area contributed by atoms with Gasteiger partial charge in [0.05, 0.1) is 12.7 Å². The number of amides is 1. The molecule has 0 bridgehead atoms. The summed E-state index contributed by atoms with van der Waals surface area (Å²) in [5.74, 6) is -0.227. The summed E-state index contributed by atoms with van der Waals surface area (Å²) < 4.78 is 0. The van der Waals surface area contributed by atoms with E-state index in [1.165, 1.54) is 0 Å². The van der Waals surface area contributed by atoms with Crippen molar-refractivity contribution >= 4 is 5.91 Å². The number of carbonyl (C=O) groups is 1. The monoisotopic (exact) mass is 198 g/mol. The van der Waals surface area contributed by atoms with E-state index in [0.29, 0.717) is 12.1 Å². The zero-order valence-electron chi connectivity index (χ0n) is 7.73. The second-order valence-corrected chi connectivity index (χ2v) is 2.98. The Morgan fingerprint density at radius 1 is 1.71 bits per heavy atom. The summed E-state index contributed by atoms with van der Waals surface area (Å²) in [5.41, 5.74) is 0.609. The first-order valence-electron chi connectivity index (χ1n) is 4.40. The molecule has 0 saturated carbocycles. The average molecular weight is 198 g/mol. The number of hydrogen-bond acceptors (Lipinski definition) is 4. The fourth-order valence-electron chi connectivity index (χ4n) is 1.00. The van der Waals surface area contributed by atoms with Crippen molar-refractivity contribution in [1.82, 2.24) is 10.6 Å². The van der Waals surface area contributed by atoms with Crippen LogP contribution >= 0.6 is 0 Å². The van der Waals surface area contributed by atoms with Gasteiger partial charge in [0, 0.05) is 18.7 Å². The van der Waals surface area contributed by atoms with Crippen molar-refractivity contribution in [2.45, 2.75) is 6.10 Å². The quantitative estimate of drug-likeness (QED) is 0.443. The minimum absolute atomic E-state index is 0.0659. The summed E-state index contributed by atoms with van der Waals surface area (Å²) in [7, 11) is 0. The largest absolute Gasteiger partial charge is 0.394 e. The van der Waals surface area contributed by atoms with E-state index in [-0.39, 0.29) is 19.1 Å². The molecule has 0 radical (unpaired) electrons. The molecule has 0 aliphatic carbocycles. The van der Waals surface area contributed by atoms with Crippen LogP contribution in [-0.2, 0) is 4.79 Å². The topological polar surface area (TPSA) is 81.6 Å². The summed E-state index contributed by atoms with van der Waals surface area (Å²) >= 11 is 0. The standard InChI is InChI=1S/C9H14N2O3/c12-6-8(13)5-11-9(14)7-2-1-3-10-4-7/h1-3,8,10,12-13H,4-6H2,(H,11,14). The molecule has 4 N–H and O–H groups in total. The second-order valence-electron chi connectivity index (χ2n) is 2.98.